The molecule has 4 heteroatoms. The van der Waals surface area contributed by atoms with Crippen molar-refractivity contribution in [2.24, 2.45) is 17.8 Å². The first kappa shape index (κ1) is 21.5. The van der Waals surface area contributed by atoms with Crippen LogP contribution >= 0.6 is 0 Å². The Kier molecular flexibility index (Phi) is 6.23. The molecule has 3 fully saturated rings. The van der Waals surface area contributed by atoms with Crippen molar-refractivity contribution in [3.63, 3.8) is 0 Å². The zero-order valence-electron chi connectivity index (χ0n) is 19.1. The normalized spacial score (nSPS) is 27.8. The van der Waals surface area contributed by atoms with E-state index in [9.17, 15) is 9.90 Å². The van der Waals surface area contributed by atoms with E-state index in [2.05, 4.69) is 42.2 Å². The lowest BCUT2D eigenvalue weighted by Crippen LogP contribution is -2.32. The lowest BCUT2D eigenvalue weighted by atomic mass is 9.83. The van der Waals surface area contributed by atoms with Gasteiger partial charge in [-0.15, -0.1) is 0 Å². The van der Waals surface area contributed by atoms with Gasteiger partial charge in [0.1, 0.15) is 5.75 Å². The number of carbonyl (C=O) groups is 1. The molecule has 0 amide bonds. The van der Waals surface area contributed by atoms with E-state index in [4.69, 9.17) is 4.74 Å². The maximum Gasteiger partial charge on any atom is 0.310 e. The van der Waals surface area contributed by atoms with Crippen LogP contribution in [0.3, 0.4) is 0 Å². The molecule has 4 atom stereocenters. The summed E-state index contributed by atoms with van der Waals surface area (Å²) in [5.74, 6) is 2.28. The van der Waals surface area contributed by atoms with Crippen LogP contribution in [0, 0.1) is 17.8 Å². The molecule has 0 aromatic heterocycles. The van der Waals surface area contributed by atoms with Gasteiger partial charge in [0, 0.05) is 30.6 Å². The number of nitrogens with zero attached hydrogens (tertiary/aromatic N) is 1. The molecule has 1 saturated heterocycles. The Morgan fingerprint density at radius 2 is 1.84 bits per heavy atom. The summed E-state index contributed by atoms with van der Waals surface area (Å²) in [6.07, 6.45) is 6.15. The van der Waals surface area contributed by atoms with E-state index in [1.807, 2.05) is 18.2 Å². The molecule has 2 aliphatic carbocycles. The second kappa shape index (κ2) is 9.27. The highest BCUT2D eigenvalue weighted by molar-refractivity contribution is 5.74. The highest BCUT2D eigenvalue weighted by atomic mass is 16.5. The maximum atomic E-state index is 12.5. The lowest BCUT2D eigenvalue weighted by Gasteiger charge is -2.26. The summed E-state index contributed by atoms with van der Waals surface area (Å²) in [6.45, 7) is 4.91. The average molecular weight is 434 g/mol. The summed E-state index contributed by atoms with van der Waals surface area (Å²) in [7, 11) is 0. The SMILES string of the molecule is CC1C2C(COC(=O)Cc3cccc(C4CCCCC4)c3O)C2CN1Cc1ccccc1. The van der Waals surface area contributed by atoms with Crippen LogP contribution in [0.4, 0.5) is 0 Å². The van der Waals surface area contributed by atoms with E-state index in [0.717, 1.165) is 31.5 Å². The van der Waals surface area contributed by atoms with Crippen LogP contribution in [0.1, 0.15) is 61.6 Å². The smallest absolute Gasteiger partial charge is 0.310 e. The second-order valence-electron chi connectivity index (χ2n) is 10.1. The third-order valence-electron chi connectivity index (χ3n) is 8.17. The van der Waals surface area contributed by atoms with E-state index in [-0.39, 0.29) is 12.4 Å². The maximum absolute atomic E-state index is 12.5. The summed E-state index contributed by atoms with van der Waals surface area (Å²) in [6, 6.07) is 17.0. The van der Waals surface area contributed by atoms with Gasteiger partial charge in [-0.05, 0) is 48.6 Å². The van der Waals surface area contributed by atoms with Crippen LogP contribution in [-0.2, 0) is 22.5 Å². The van der Waals surface area contributed by atoms with Crippen LogP contribution in [0.2, 0.25) is 0 Å². The highest BCUT2D eigenvalue weighted by Gasteiger charge is 2.59. The Balaban J connectivity index is 1.11. The Morgan fingerprint density at radius 3 is 2.56 bits per heavy atom. The Hall–Kier alpha value is -2.33. The number of carbonyl (C=O) groups excluding carboxylic acids is 1. The van der Waals surface area contributed by atoms with Crippen LogP contribution in [0.25, 0.3) is 0 Å². The fourth-order valence-electron chi connectivity index (χ4n) is 6.28. The molecule has 3 aliphatic rings. The first-order valence-electron chi connectivity index (χ1n) is 12.4. The number of aromatic hydroxyl groups is 1. The van der Waals surface area contributed by atoms with E-state index in [1.165, 1.54) is 24.8 Å². The molecular weight excluding hydrogens is 398 g/mol. The van der Waals surface area contributed by atoms with E-state index in [0.29, 0.717) is 47.6 Å². The van der Waals surface area contributed by atoms with Gasteiger partial charge in [-0.3, -0.25) is 9.69 Å². The molecule has 1 aliphatic heterocycles. The highest BCUT2D eigenvalue weighted by Crippen LogP contribution is 2.55. The molecule has 0 bridgehead atoms. The number of phenols is 1. The standard InChI is InChI=1S/C28H35NO3/c1-19-27-24(17-29(19)16-20-9-4-2-5-10-20)25(27)18-32-26(30)15-22-13-8-14-23(28(22)31)21-11-6-3-7-12-21/h2,4-5,8-10,13-14,19,21,24-25,27,31H,3,6-7,11-12,15-18H2,1H3. The quantitative estimate of drug-likeness (QED) is 0.603. The van der Waals surface area contributed by atoms with Gasteiger partial charge in [0.15, 0.2) is 0 Å². The Bertz CT molecular complexity index is 937. The molecule has 170 valence electrons. The van der Waals surface area contributed by atoms with Gasteiger partial charge >= 0.3 is 5.97 Å². The molecule has 4 nitrogen and oxygen atoms in total. The fourth-order valence-corrected chi connectivity index (χ4v) is 6.28. The van der Waals surface area contributed by atoms with E-state index in [1.54, 1.807) is 0 Å². The number of benzene rings is 2. The van der Waals surface area contributed by atoms with Gasteiger partial charge in [-0.2, -0.15) is 0 Å². The molecule has 4 unspecified atom stereocenters. The number of para-hydroxylation sites is 1. The van der Waals surface area contributed by atoms with Crippen molar-refractivity contribution in [2.75, 3.05) is 13.2 Å². The summed E-state index contributed by atoms with van der Waals surface area (Å²) >= 11 is 0. The van der Waals surface area contributed by atoms with Crippen LogP contribution in [-0.4, -0.2) is 35.2 Å². The molecule has 32 heavy (non-hydrogen) atoms. The zero-order chi connectivity index (χ0) is 22.1. The Morgan fingerprint density at radius 1 is 1.06 bits per heavy atom. The summed E-state index contributed by atoms with van der Waals surface area (Å²) in [5, 5.41) is 10.8. The van der Waals surface area contributed by atoms with Crippen LogP contribution in [0.15, 0.2) is 48.5 Å². The first-order chi connectivity index (χ1) is 15.6. The monoisotopic (exact) mass is 433 g/mol. The minimum absolute atomic E-state index is 0.157. The number of esters is 1. The second-order valence-corrected chi connectivity index (χ2v) is 10.1. The van der Waals surface area contributed by atoms with Crippen molar-refractivity contribution in [2.45, 2.75) is 64.0 Å². The van der Waals surface area contributed by atoms with Crippen molar-refractivity contribution in [1.82, 2.24) is 4.90 Å². The number of phenolic OH excluding ortho intramolecular Hbond substituents is 1. The van der Waals surface area contributed by atoms with Gasteiger partial charge in [0.25, 0.3) is 0 Å². The number of ether oxygens (including phenoxy) is 1. The first-order valence-corrected chi connectivity index (χ1v) is 12.4. The molecular formula is C28H35NO3. The minimum Gasteiger partial charge on any atom is -0.507 e. The number of likely N-dealkylation sites (tertiary alicyclic amines) is 1. The Labute approximate surface area is 191 Å². The van der Waals surface area contributed by atoms with E-state index >= 15 is 0 Å². The molecule has 0 spiro atoms. The number of piperidine rings is 1. The summed E-state index contributed by atoms with van der Waals surface area (Å²) < 4.78 is 5.68. The van der Waals surface area contributed by atoms with Crippen molar-refractivity contribution >= 4 is 5.97 Å². The molecule has 1 heterocycles. The van der Waals surface area contributed by atoms with E-state index < -0.39 is 0 Å². The van der Waals surface area contributed by atoms with Gasteiger partial charge in [0.2, 0.25) is 0 Å². The lowest BCUT2D eigenvalue weighted by molar-refractivity contribution is -0.143. The van der Waals surface area contributed by atoms with Crippen molar-refractivity contribution < 1.29 is 14.6 Å². The van der Waals surface area contributed by atoms with Crippen LogP contribution < -0.4 is 0 Å². The van der Waals surface area contributed by atoms with Crippen molar-refractivity contribution in [3.05, 3.63) is 65.2 Å². The third kappa shape index (κ3) is 4.43. The molecule has 2 saturated carbocycles. The van der Waals surface area contributed by atoms with Gasteiger partial charge < -0.3 is 9.84 Å². The van der Waals surface area contributed by atoms with Crippen molar-refractivity contribution in [3.8, 4) is 5.75 Å². The predicted octanol–water partition coefficient (Wildman–Crippen LogP) is 5.29. The number of rotatable bonds is 7. The van der Waals surface area contributed by atoms with Crippen LogP contribution in [0.5, 0.6) is 5.75 Å². The summed E-state index contributed by atoms with van der Waals surface area (Å²) in [4.78, 5) is 15.1. The topological polar surface area (TPSA) is 49.8 Å². The molecule has 5 rings (SSSR count). The minimum atomic E-state index is -0.222. The zero-order valence-corrected chi connectivity index (χ0v) is 19.1. The average Bonchev–Trinajstić information content (AvgIpc) is 3.41. The van der Waals surface area contributed by atoms with Gasteiger partial charge in [-0.1, -0.05) is 67.8 Å². The number of fused-ring (bicyclic) bond motifs is 1. The predicted molar refractivity (Wildman–Crippen MR) is 125 cm³/mol. The molecule has 2 aromatic rings. The van der Waals surface area contributed by atoms with Gasteiger partial charge in [-0.25, -0.2) is 0 Å². The molecule has 0 radical (unpaired) electrons. The summed E-state index contributed by atoms with van der Waals surface area (Å²) in [5.41, 5.74) is 3.08. The largest absolute Gasteiger partial charge is 0.507 e. The van der Waals surface area contributed by atoms with Crippen molar-refractivity contribution in [1.29, 1.82) is 0 Å². The molecule has 2 aromatic carbocycles. The van der Waals surface area contributed by atoms with Gasteiger partial charge in [0.05, 0.1) is 13.0 Å². The fraction of sp³-hybridized carbons (Fsp3) is 0.536. The number of hydrogen-bond donors (Lipinski definition) is 1. The molecule has 1 N–H and O–H groups in total. The number of hydrogen-bond acceptors (Lipinski definition) is 4. The third-order valence-corrected chi connectivity index (χ3v) is 8.17.